The molecule has 0 spiro atoms. The van der Waals surface area contributed by atoms with Gasteiger partial charge in [0.15, 0.2) is 12.2 Å². The van der Waals surface area contributed by atoms with E-state index in [1.807, 2.05) is 62.4 Å². The van der Waals surface area contributed by atoms with E-state index in [1.54, 1.807) is 0 Å². The Hall–Kier alpha value is -6.68. The van der Waals surface area contributed by atoms with Gasteiger partial charge in [0.1, 0.15) is 37.9 Å². The number of fused-ring (bicyclic) bond motifs is 3. The van der Waals surface area contributed by atoms with Crippen LogP contribution in [0, 0.1) is 13.8 Å². The minimum absolute atomic E-state index is 0.0796. The largest absolute Gasteiger partial charge is 0.489 e. The zero-order valence-electron chi connectivity index (χ0n) is 34.5. The molecule has 0 aromatic heterocycles. The Morgan fingerprint density at radius 2 is 0.864 bits per heavy atom. The van der Waals surface area contributed by atoms with Crippen LogP contribution in [0.3, 0.4) is 0 Å². The lowest BCUT2D eigenvalue weighted by Crippen LogP contribution is -2.32. The number of rotatable bonds is 18. The van der Waals surface area contributed by atoms with Crippen LogP contribution in [0.25, 0.3) is 11.1 Å². The molecule has 0 radical (unpaired) electrons. The van der Waals surface area contributed by atoms with E-state index in [2.05, 4.69) is 62.7 Å². The molecule has 0 heterocycles. The first kappa shape index (κ1) is 43.4. The minimum atomic E-state index is -0.898. The first-order valence-electron chi connectivity index (χ1n) is 19.1. The zero-order chi connectivity index (χ0) is 43.0. The van der Waals surface area contributed by atoms with Crippen molar-refractivity contribution >= 4 is 23.9 Å². The fraction of sp³-hybridized carbons (Fsp3) is 0.265. The number of carbonyl (C=O) groups is 4. The normalized spacial score (nSPS) is 13.1. The molecule has 1 aliphatic rings. The molecule has 0 N–H and O–H groups in total. The van der Waals surface area contributed by atoms with E-state index in [-0.39, 0.29) is 48.7 Å². The van der Waals surface area contributed by atoms with E-state index >= 15 is 0 Å². The Morgan fingerprint density at radius 1 is 0.508 bits per heavy atom. The van der Waals surface area contributed by atoms with Gasteiger partial charge in [0, 0.05) is 22.3 Å². The van der Waals surface area contributed by atoms with Crippen LogP contribution in [-0.2, 0) is 43.5 Å². The molecule has 10 nitrogen and oxygen atoms in total. The number of carbonyl (C=O) groups excluding carboxylic acids is 4. The average molecular weight is 799 g/mol. The number of esters is 4. The predicted octanol–water partition coefficient (Wildman–Crippen LogP) is 8.64. The van der Waals surface area contributed by atoms with Gasteiger partial charge in [-0.1, -0.05) is 99.1 Å². The molecule has 0 amide bonds. The molecule has 1 aliphatic carbocycles. The van der Waals surface area contributed by atoms with E-state index in [9.17, 15) is 19.2 Å². The highest BCUT2D eigenvalue weighted by Crippen LogP contribution is 2.56. The van der Waals surface area contributed by atoms with Crippen molar-refractivity contribution in [2.75, 3.05) is 26.4 Å². The SMILES string of the molecule is C=C(C)C(=O)OCC(COc1ccc(C2(c3ccc(OCC(COC(=O)C(=C)C)OC(=O)C(=C)C)c(C)c3)c3ccccc3-c3ccccc32)cc1C)OC(=O)C(=C)C. The Labute approximate surface area is 345 Å². The third-order valence-corrected chi connectivity index (χ3v) is 9.76. The smallest absolute Gasteiger partial charge is 0.333 e. The molecule has 0 aliphatic heterocycles. The number of aryl methyl sites for hydroxylation is 2. The zero-order valence-corrected chi connectivity index (χ0v) is 34.5. The van der Waals surface area contributed by atoms with Crippen molar-refractivity contribution in [3.8, 4) is 22.6 Å². The lowest BCUT2D eigenvalue weighted by molar-refractivity contribution is -0.155. The Morgan fingerprint density at radius 3 is 1.20 bits per heavy atom. The number of hydrogen-bond donors (Lipinski definition) is 0. The molecular formula is C49H50O10. The summed E-state index contributed by atoms with van der Waals surface area (Å²) in [4.78, 5) is 49.1. The summed E-state index contributed by atoms with van der Waals surface area (Å²) in [6.07, 6.45) is -1.80. The Bertz CT molecular complexity index is 2170. The van der Waals surface area contributed by atoms with Crippen LogP contribution in [0.4, 0.5) is 0 Å². The molecule has 5 rings (SSSR count). The number of hydrogen-bond acceptors (Lipinski definition) is 10. The third kappa shape index (κ3) is 9.72. The second-order valence-electron chi connectivity index (χ2n) is 14.8. The molecule has 4 aromatic rings. The highest BCUT2D eigenvalue weighted by Gasteiger charge is 2.46. The van der Waals surface area contributed by atoms with Crippen LogP contribution in [0.2, 0.25) is 0 Å². The summed E-state index contributed by atoms with van der Waals surface area (Å²) < 4.78 is 34.1. The molecule has 2 unspecified atom stereocenters. The van der Waals surface area contributed by atoms with Crippen molar-refractivity contribution in [2.24, 2.45) is 0 Å². The summed E-state index contributed by atoms with van der Waals surface area (Å²) in [5.41, 5.74) is 8.12. The van der Waals surface area contributed by atoms with E-state index in [0.29, 0.717) is 11.5 Å². The predicted molar refractivity (Wildman–Crippen MR) is 225 cm³/mol. The molecule has 4 aromatic carbocycles. The molecule has 10 heteroatoms. The van der Waals surface area contributed by atoms with Gasteiger partial charge >= 0.3 is 23.9 Å². The van der Waals surface area contributed by atoms with E-state index in [0.717, 1.165) is 44.5 Å². The van der Waals surface area contributed by atoms with Crippen LogP contribution >= 0.6 is 0 Å². The fourth-order valence-corrected chi connectivity index (χ4v) is 6.80. The van der Waals surface area contributed by atoms with E-state index in [4.69, 9.17) is 28.4 Å². The lowest BCUT2D eigenvalue weighted by atomic mass is 9.67. The summed E-state index contributed by atoms with van der Waals surface area (Å²) in [6.45, 7) is 24.0. The van der Waals surface area contributed by atoms with Gasteiger partial charge in [0.25, 0.3) is 0 Å². The molecule has 306 valence electrons. The Kier molecular flexibility index (Phi) is 13.8. The van der Waals surface area contributed by atoms with Crippen molar-refractivity contribution in [1.82, 2.24) is 0 Å². The molecule has 0 bridgehead atoms. The average Bonchev–Trinajstić information content (AvgIpc) is 3.51. The topological polar surface area (TPSA) is 124 Å². The fourth-order valence-electron chi connectivity index (χ4n) is 6.80. The van der Waals surface area contributed by atoms with Crippen molar-refractivity contribution < 1.29 is 47.6 Å². The summed E-state index contributed by atoms with van der Waals surface area (Å²) in [7, 11) is 0. The number of benzene rings is 4. The van der Waals surface area contributed by atoms with Gasteiger partial charge in [-0.25, -0.2) is 19.2 Å². The second-order valence-corrected chi connectivity index (χ2v) is 14.8. The molecule has 0 saturated heterocycles. The highest BCUT2D eigenvalue weighted by atomic mass is 16.6. The van der Waals surface area contributed by atoms with Crippen LogP contribution < -0.4 is 9.47 Å². The maximum Gasteiger partial charge on any atom is 0.333 e. The van der Waals surface area contributed by atoms with Crippen LogP contribution in [0.5, 0.6) is 11.5 Å². The van der Waals surface area contributed by atoms with E-state index < -0.39 is 41.5 Å². The van der Waals surface area contributed by atoms with Crippen LogP contribution in [-0.4, -0.2) is 62.5 Å². The minimum Gasteiger partial charge on any atom is -0.489 e. The van der Waals surface area contributed by atoms with Gasteiger partial charge < -0.3 is 28.4 Å². The standard InChI is InChI=1S/C49H50O10/c1-29(2)45(50)56-27-37(58-47(52)31(5)6)25-54-43-21-19-35(23-33(43)9)49(41-17-13-11-15-39(41)40-16-12-14-18-42(40)49)36-20-22-44(34(10)24-36)55-26-38(59-48(53)32(7)8)28-57-46(51)30(3)4/h11-24,37-38H,1,3,5,7,25-28H2,2,4,6,8-10H3. The first-order valence-corrected chi connectivity index (χ1v) is 19.1. The third-order valence-electron chi connectivity index (χ3n) is 9.76. The van der Waals surface area contributed by atoms with Gasteiger partial charge in [-0.05, 0) is 98.2 Å². The maximum atomic E-state index is 12.4. The monoisotopic (exact) mass is 798 g/mol. The van der Waals surface area contributed by atoms with Crippen molar-refractivity contribution in [3.05, 3.63) is 167 Å². The maximum absolute atomic E-state index is 12.4. The van der Waals surface area contributed by atoms with Crippen LogP contribution in [0.15, 0.2) is 134 Å². The molecule has 0 saturated carbocycles. The molecular weight excluding hydrogens is 749 g/mol. The molecule has 59 heavy (non-hydrogen) atoms. The van der Waals surface area contributed by atoms with Crippen LogP contribution in [0.1, 0.15) is 61.1 Å². The van der Waals surface area contributed by atoms with Gasteiger partial charge in [-0.2, -0.15) is 0 Å². The van der Waals surface area contributed by atoms with Gasteiger partial charge in [-0.3, -0.25) is 0 Å². The van der Waals surface area contributed by atoms with Gasteiger partial charge in [-0.15, -0.1) is 0 Å². The van der Waals surface area contributed by atoms with E-state index in [1.165, 1.54) is 27.7 Å². The summed E-state index contributed by atoms with van der Waals surface area (Å²) >= 11 is 0. The first-order chi connectivity index (χ1) is 28.0. The summed E-state index contributed by atoms with van der Waals surface area (Å²) in [6, 6.07) is 28.7. The van der Waals surface area contributed by atoms with Crippen molar-refractivity contribution in [2.45, 2.75) is 59.2 Å². The van der Waals surface area contributed by atoms with Crippen molar-refractivity contribution in [3.63, 3.8) is 0 Å². The highest BCUT2D eigenvalue weighted by molar-refractivity contribution is 5.89. The Balaban J connectivity index is 1.50. The lowest BCUT2D eigenvalue weighted by Gasteiger charge is -2.35. The second kappa shape index (κ2) is 18.7. The van der Waals surface area contributed by atoms with Crippen molar-refractivity contribution in [1.29, 1.82) is 0 Å². The summed E-state index contributed by atoms with van der Waals surface area (Å²) in [5.74, 6) is -1.34. The summed E-state index contributed by atoms with van der Waals surface area (Å²) in [5, 5.41) is 0. The molecule has 2 atom stereocenters. The number of ether oxygens (including phenoxy) is 6. The van der Waals surface area contributed by atoms with Gasteiger partial charge in [0.2, 0.25) is 0 Å². The molecule has 0 fully saturated rings. The quantitative estimate of drug-likeness (QED) is 0.0484. The van der Waals surface area contributed by atoms with Gasteiger partial charge in [0.05, 0.1) is 5.41 Å².